The Morgan fingerprint density at radius 3 is 2.47 bits per heavy atom. The molecule has 102 valence electrons. The van der Waals surface area contributed by atoms with Crippen molar-refractivity contribution in [3.05, 3.63) is 11.6 Å². The van der Waals surface area contributed by atoms with Crippen molar-refractivity contribution in [3.63, 3.8) is 0 Å². The van der Waals surface area contributed by atoms with Gasteiger partial charge in [0.1, 0.15) is 0 Å². The minimum atomic E-state index is -0.532. The van der Waals surface area contributed by atoms with E-state index in [0.29, 0.717) is 12.5 Å². The highest BCUT2D eigenvalue weighted by atomic mass is 16.3. The molecule has 0 aliphatic heterocycles. The molecule has 0 aliphatic carbocycles. The Morgan fingerprint density at radius 2 is 1.94 bits per heavy atom. The Morgan fingerprint density at radius 1 is 1.29 bits per heavy atom. The summed E-state index contributed by atoms with van der Waals surface area (Å²) in [5, 5.41) is 18.4. The first kappa shape index (κ1) is 16.7. The fraction of sp³-hybridized carbons (Fsp3) is 0.867. The maximum Gasteiger partial charge on any atom is 0.0591 e. The Bertz CT molecular complexity index is 213. The summed E-state index contributed by atoms with van der Waals surface area (Å²) in [5.41, 5.74) is 0.890. The Labute approximate surface area is 107 Å². The largest absolute Gasteiger partial charge is 0.396 e. The first-order valence-electron chi connectivity index (χ1n) is 6.84. The molecule has 0 heterocycles. The van der Waals surface area contributed by atoms with E-state index in [1.807, 2.05) is 13.8 Å². The number of aliphatic hydroxyl groups excluding tert-OH is 1. The van der Waals surface area contributed by atoms with Crippen molar-refractivity contribution in [2.75, 3.05) is 6.61 Å². The van der Waals surface area contributed by atoms with Crippen LogP contribution in [0.5, 0.6) is 0 Å². The van der Waals surface area contributed by atoms with Crippen LogP contribution in [-0.2, 0) is 0 Å². The summed E-state index contributed by atoms with van der Waals surface area (Å²) in [6.07, 6.45) is 8.47. The van der Waals surface area contributed by atoms with Crippen LogP contribution in [0, 0.1) is 5.92 Å². The number of rotatable bonds is 9. The number of hydrogen-bond acceptors (Lipinski definition) is 2. The molecule has 0 aromatic heterocycles. The third kappa shape index (κ3) is 11.9. The number of aliphatic hydroxyl groups is 2. The summed E-state index contributed by atoms with van der Waals surface area (Å²) in [7, 11) is 0. The zero-order valence-electron chi connectivity index (χ0n) is 12.0. The second kappa shape index (κ2) is 8.71. The van der Waals surface area contributed by atoms with Crippen LogP contribution in [-0.4, -0.2) is 22.4 Å². The lowest BCUT2D eigenvalue weighted by atomic mass is 9.98. The highest BCUT2D eigenvalue weighted by Gasteiger charge is 2.11. The van der Waals surface area contributed by atoms with Gasteiger partial charge in [0, 0.05) is 6.61 Å². The first-order chi connectivity index (χ1) is 7.85. The number of allylic oxidation sites excluding steroid dienone is 2. The van der Waals surface area contributed by atoms with Gasteiger partial charge in [0.05, 0.1) is 5.60 Å². The zero-order chi connectivity index (χ0) is 13.3. The topological polar surface area (TPSA) is 40.5 Å². The van der Waals surface area contributed by atoms with Crippen molar-refractivity contribution in [2.45, 2.75) is 71.8 Å². The predicted octanol–water partition coefficient (Wildman–Crippen LogP) is 3.67. The van der Waals surface area contributed by atoms with E-state index in [0.717, 1.165) is 38.5 Å². The standard InChI is InChI=1S/C15H30O2/c1-13(9-6-11-15(3,4)17)7-5-8-14(2)10-12-16/h7,14,16-17H,5-6,8-12H2,1-4H3/b13-7+/t14-/m0/s1. The van der Waals surface area contributed by atoms with Gasteiger partial charge >= 0.3 is 0 Å². The van der Waals surface area contributed by atoms with Crippen LogP contribution >= 0.6 is 0 Å². The number of hydrogen-bond donors (Lipinski definition) is 2. The SMILES string of the molecule is C/C(=C\CC[C@H](C)CCO)CCCC(C)(C)O. The van der Waals surface area contributed by atoms with E-state index in [9.17, 15) is 5.11 Å². The van der Waals surface area contributed by atoms with Crippen LogP contribution in [0.25, 0.3) is 0 Å². The van der Waals surface area contributed by atoms with Crippen LogP contribution in [0.15, 0.2) is 11.6 Å². The van der Waals surface area contributed by atoms with E-state index in [2.05, 4.69) is 19.9 Å². The maximum atomic E-state index is 9.60. The molecule has 0 aliphatic rings. The first-order valence-corrected chi connectivity index (χ1v) is 6.84. The molecule has 0 spiro atoms. The Kier molecular flexibility index (Phi) is 8.53. The second-order valence-corrected chi connectivity index (χ2v) is 5.91. The van der Waals surface area contributed by atoms with Crippen molar-refractivity contribution in [3.8, 4) is 0 Å². The average Bonchev–Trinajstić information content (AvgIpc) is 2.16. The van der Waals surface area contributed by atoms with Crippen molar-refractivity contribution >= 4 is 0 Å². The van der Waals surface area contributed by atoms with Crippen LogP contribution in [0.3, 0.4) is 0 Å². The molecule has 0 amide bonds. The van der Waals surface area contributed by atoms with Crippen molar-refractivity contribution in [1.82, 2.24) is 0 Å². The summed E-state index contributed by atoms with van der Waals surface area (Å²) in [4.78, 5) is 0. The normalized spacial score (nSPS) is 15.1. The smallest absolute Gasteiger partial charge is 0.0591 e. The van der Waals surface area contributed by atoms with Gasteiger partial charge in [-0.2, -0.15) is 0 Å². The van der Waals surface area contributed by atoms with Gasteiger partial charge in [-0.15, -0.1) is 0 Å². The molecule has 0 saturated carbocycles. The van der Waals surface area contributed by atoms with Gasteiger partial charge in [-0.05, 0) is 65.2 Å². The zero-order valence-corrected chi connectivity index (χ0v) is 12.0. The molecule has 0 bridgehead atoms. The summed E-state index contributed by atoms with van der Waals surface area (Å²) in [6.45, 7) is 8.38. The van der Waals surface area contributed by atoms with Crippen LogP contribution in [0.4, 0.5) is 0 Å². The molecular weight excluding hydrogens is 212 g/mol. The molecule has 2 heteroatoms. The van der Waals surface area contributed by atoms with Gasteiger partial charge < -0.3 is 10.2 Å². The fourth-order valence-corrected chi connectivity index (χ4v) is 1.88. The van der Waals surface area contributed by atoms with Crippen molar-refractivity contribution in [1.29, 1.82) is 0 Å². The predicted molar refractivity (Wildman–Crippen MR) is 74.0 cm³/mol. The fourth-order valence-electron chi connectivity index (χ4n) is 1.88. The lowest BCUT2D eigenvalue weighted by Crippen LogP contribution is -2.17. The van der Waals surface area contributed by atoms with E-state index >= 15 is 0 Å². The summed E-state index contributed by atoms with van der Waals surface area (Å²) < 4.78 is 0. The minimum Gasteiger partial charge on any atom is -0.396 e. The van der Waals surface area contributed by atoms with Gasteiger partial charge in [-0.1, -0.05) is 18.6 Å². The van der Waals surface area contributed by atoms with Gasteiger partial charge in [-0.25, -0.2) is 0 Å². The molecule has 2 N–H and O–H groups in total. The second-order valence-electron chi connectivity index (χ2n) is 5.91. The van der Waals surface area contributed by atoms with Crippen LogP contribution in [0.2, 0.25) is 0 Å². The highest BCUT2D eigenvalue weighted by molar-refractivity contribution is 4.98. The third-order valence-corrected chi connectivity index (χ3v) is 3.13. The van der Waals surface area contributed by atoms with Crippen molar-refractivity contribution < 1.29 is 10.2 Å². The molecule has 0 rings (SSSR count). The van der Waals surface area contributed by atoms with E-state index in [1.165, 1.54) is 5.57 Å². The Balaban J connectivity index is 3.65. The van der Waals surface area contributed by atoms with Gasteiger partial charge in [0.2, 0.25) is 0 Å². The van der Waals surface area contributed by atoms with E-state index in [1.54, 1.807) is 0 Å². The molecule has 0 aromatic rings. The van der Waals surface area contributed by atoms with Gasteiger partial charge in [0.15, 0.2) is 0 Å². The molecule has 0 aromatic carbocycles. The minimum absolute atomic E-state index is 0.301. The maximum absolute atomic E-state index is 9.60. The van der Waals surface area contributed by atoms with E-state index in [4.69, 9.17) is 5.11 Å². The van der Waals surface area contributed by atoms with Crippen LogP contribution < -0.4 is 0 Å². The highest BCUT2D eigenvalue weighted by Crippen LogP contribution is 2.17. The molecule has 0 fully saturated rings. The van der Waals surface area contributed by atoms with Crippen molar-refractivity contribution in [2.24, 2.45) is 5.92 Å². The van der Waals surface area contributed by atoms with E-state index < -0.39 is 5.60 Å². The summed E-state index contributed by atoms with van der Waals surface area (Å²) in [5.74, 6) is 0.612. The van der Waals surface area contributed by atoms with E-state index in [-0.39, 0.29) is 0 Å². The lowest BCUT2D eigenvalue weighted by Gasteiger charge is -2.16. The lowest BCUT2D eigenvalue weighted by molar-refractivity contribution is 0.0689. The molecule has 0 saturated heterocycles. The average molecular weight is 242 g/mol. The van der Waals surface area contributed by atoms with Gasteiger partial charge in [0.25, 0.3) is 0 Å². The monoisotopic (exact) mass is 242 g/mol. The molecule has 0 unspecified atom stereocenters. The molecule has 1 atom stereocenters. The third-order valence-electron chi connectivity index (χ3n) is 3.13. The van der Waals surface area contributed by atoms with Gasteiger partial charge in [-0.3, -0.25) is 0 Å². The molecule has 2 nitrogen and oxygen atoms in total. The summed E-state index contributed by atoms with van der Waals surface area (Å²) in [6, 6.07) is 0. The quantitative estimate of drug-likeness (QED) is 0.606. The molecule has 17 heavy (non-hydrogen) atoms. The molecular formula is C15H30O2. The summed E-state index contributed by atoms with van der Waals surface area (Å²) >= 11 is 0. The molecule has 0 radical (unpaired) electrons. The van der Waals surface area contributed by atoms with Crippen LogP contribution in [0.1, 0.15) is 66.2 Å². The Hall–Kier alpha value is -0.340.